The van der Waals surface area contributed by atoms with E-state index in [0.29, 0.717) is 6.42 Å². The van der Waals surface area contributed by atoms with Gasteiger partial charge in [0.25, 0.3) is 0 Å². The molecule has 3 aromatic rings. The van der Waals surface area contributed by atoms with Gasteiger partial charge in [0, 0.05) is 23.3 Å². The fraction of sp³-hybridized carbons (Fsp3) is 0.389. The van der Waals surface area contributed by atoms with Crippen molar-refractivity contribution in [1.29, 1.82) is 5.26 Å². The molecule has 29 heavy (non-hydrogen) atoms. The zero-order chi connectivity index (χ0) is 21.1. The molecule has 0 aromatic carbocycles. The Morgan fingerprint density at radius 3 is 2.66 bits per heavy atom. The number of aromatic amines is 1. The topological polar surface area (TPSA) is 120 Å². The fourth-order valence-electron chi connectivity index (χ4n) is 3.47. The van der Waals surface area contributed by atoms with Gasteiger partial charge in [0.15, 0.2) is 0 Å². The second kappa shape index (κ2) is 7.90. The third-order valence-electron chi connectivity index (χ3n) is 4.88. The summed E-state index contributed by atoms with van der Waals surface area (Å²) in [6.07, 6.45) is 7.07. The van der Waals surface area contributed by atoms with Crippen molar-refractivity contribution in [2.24, 2.45) is 0 Å². The molecule has 152 valence electrons. The average Bonchev–Trinajstić information content (AvgIpc) is 3.41. The number of alkyl halides is 3. The predicted octanol–water partition coefficient (Wildman–Crippen LogP) is 3.64. The minimum Gasteiger partial charge on any atom is -0.475 e. The van der Waals surface area contributed by atoms with Crippen molar-refractivity contribution in [3.05, 3.63) is 31.0 Å². The van der Waals surface area contributed by atoms with E-state index >= 15 is 0 Å². The minimum absolute atomic E-state index is 0.142. The minimum atomic E-state index is -5.08. The summed E-state index contributed by atoms with van der Waals surface area (Å²) in [7, 11) is 0. The lowest BCUT2D eigenvalue weighted by Gasteiger charge is -2.26. The molecule has 4 rings (SSSR count). The first-order valence-electron chi connectivity index (χ1n) is 8.77. The maximum Gasteiger partial charge on any atom is 0.490 e. The van der Waals surface area contributed by atoms with Gasteiger partial charge in [0.1, 0.15) is 12.0 Å². The van der Waals surface area contributed by atoms with Crippen molar-refractivity contribution in [2.45, 2.75) is 43.8 Å². The van der Waals surface area contributed by atoms with Crippen molar-refractivity contribution in [1.82, 2.24) is 24.7 Å². The van der Waals surface area contributed by atoms with Gasteiger partial charge in [-0.25, -0.2) is 14.8 Å². The zero-order valence-electron chi connectivity index (χ0n) is 15.1. The van der Waals surface area contributed by atoms with Crippen LogP contribution in [0.15, 0.2) is 31.0 Å². The highest BCUT2D eigenvalue weighted by molar-refractivity contribution is 5.89. The van der Waals surface area contributed by atoms with Gasteiger partial charge < -0.3 is 10.1 Å². The Balaban J connectivity index is 0.000000298. The van der Waals surface area contributed by atoms with Crippen LogP contribution in [0.3, 0.4) is 0 Å². The van der Waals surface area contributed by atoms with Crippen LogP contribution in [0.1, 0.15) is 32.1 Å². The fourth-order valence-corrected chi connectivity index (χ4v) is 3.47. The smallest absolute Gasteiger partial charge is 0.475 e. The lowest BCUT2D eigenvalue weighted by Crippen LogP contribution is -2.30. The van der Waals surface area contributed by atoms with Crippen molar-refractivity contribution < 1.29 is 23.1 Å². The van der Waals surface area contributed by atoms with E-state index in [2.05, 4.69) is 26.1 Å². The summed E-state index contributed by atoms with van der Waals surface area (Å²) < 4.78 is 33.7. The number of nitriles is 1. The number of carboxylic acids is 1. The Morgan fingerprint density at radius 1 is 1.34 bits per heavy atom. The van der Waals surface area contributed by atoms with Crippen molar-refractivity contribution in [2.75, 3.05) is 0 Å². The number of H-pyrrole nitrogens is 1. The molecule has 1 aliphatic rings. The number of aliphatic carboxylic acids is 1. The molecule has 0 unspecified atom stereocenters. The standard InChI is InChI=1S/C16H16N6.C2HF3O2/c17-7-6-16(4-1-2-5-16)22-10-12(9-21-22)14-13-3-8-18-15(13)20-11-19-14;3-2(4,5)1(6)7/h3,8-11H,1-2,4-6H2,(H,18,19,20);(H,6,7). The molecule has 1 aliphatic carbocycles. The monoisotopic (exact) mass is 406 g/mol. The van der Waals surface area contributed by atoms with Gasteiger partial charge in [-0.1, -0.05) is 12.8 Å². The number of hydrogen-bond donors (Lipinski definition) is 2. The Bertz CT molecular complexity index is 1040. The van der Waals surface area contributed by atoms with Crippen LogP contribution in [-0.2, 0) is 10.3 Å². The van der Waals surface area contributed by atoms with E-state index in [9.17, 15) is 18.4 Å². The number of carbonyl (C=O) groups is 1. The number of fused-ring (bicyclic) bond motifs is 1. The molecule has 0 aliphatic heterocycles. The van der Waals surface area contributed by atoms with Crippen molar-refractivity contribution >= 4 is 17.0 Å². The molecule has 8 nitrogen and oxygen atoms in total. The zero-order valence-corrected chi connectivity index (χ0v) is 15.1. The molecule has 0 radical (unpaired) electrons. The van der Waals surface area contributed by atoms with Gasteiger partial charge >= 0.3 is 12.1 Å². The second-order valence-corrected chi connectivity index (χ2v) is 6.71. The average molecular weight is 406 g/mol. The quantitative estimate of drug-likeness (QED) is 0.685. The first-order chi connectivity index (χ1) is 13.8. The van der Waals surface area contributed by atoms with Gasteiger partial charge in [0.05, 0.1) is 29.9 Å². The van der Waals surface area contributed by atoms with E-state index in [1.807, 2.05) is 29.3 Å². The molecule has 2 N–H and O–H groups in total. The molecule has 3 heterocycles. The molecular formula is C18H17F3N6O2. The largest absolute Gasteiger partial charge is 0.490 e. The summed E-state index contributed by atoms with van der Waals surface area (Å²) in [4.78, 5) is 20.6. The lowest BCUT2D eigenvalue weighted by molar-refractivity contribution is -0.192. The van der Waals surface area contributed by atoms with E-state index in [1.165, 1.54) is 0 Å². The van der Waals surface area contributed by atoms with Crippen molar-refractivity contribution in [3.63, 3.8) is 0 Å². The first kappa shape index (κ1) is 20.3. The summed E-state index contributed by atoms with van der Waals surface area (Å²) in [6, 6.07) is 4.31. The molecule has 3 aromatic heterocycles. The predicted molar refractivity (Wildman–Crippen MR) is 95.5 cm³/mol. The van der Waals surface area contributed by atoms with Gasteiger partial charge in [-0.15, -0.1) is 0 Å². The lowest BCUT2D eigenvalue weighted by atomic mass is 9.94. The molecule has 0 atom stereocenters. The molecule has 0 amide bonds. The van der Waals surface area contributed by atoms with Crippen LogP contribution in [-0.4, -0.2) is 42.0 Å². The number of nitrogens with one attached hydrogen (secondary N) is 1. The number of halogens is 3. The van der Waals surface area contributed by atoms with E-state index < -0.39 is 12.1 Å². The third kappa shape index (κ3) is 4.21. The van der Waals surface area contributed by atoms with Gasteiger partial charge in [0.2, 0.25) is 0 Å². The van der Waals surface area contributed by atoms with Crippen LogP contribution in [0.25, 0.3) is 22.3 Å². The van der Waals surface area contributed by atoms with E-state index in [-0.39, 0.29) is 5.54 Å². The molecular weight excluding hydrogens is 389 g/mol. The highest BCUT2D eigenvalue weighted by Crippen LogP contribution is 2.39. The number of aromatic nitrogens is 5. The third-order valence-corrected chi connectivity index (χ3v) is 4.88. The normalized spacial score (nSPS) is 15.5. The van der Waals surface area contributed by atoms with Gasteiger partial charge in [-0.05, 0) is 18.9 Å². The summed E-state index contributed by atoms with van der Waals surface area (Å²) in [5, 5.41) is 21.8. The molecule has 1 fully saturated rings. The van der Waals surface area contributed by atoms with Crippen molar-refractivity contribution in [3.8, 4) is 17.3 Å². The molecule has 0 spiro atoms. The molecule has 0 bridgehead atoms. The summed E-state index contributed by atoms with van der Waals surface area (Å²) in [6.45, 7) is 0. The second-order valence-electron chi connectivity index (χ2n) is 6.71. The van der Waals surface area contributed by atoms with Crippen LogP contribution >= 0.6 is 0 Å². The van der Waals surface area contributed by atoms with Gasteiger partial charge in [-0.2, -0.15) is 23.5 Å². The number of carboxylic acid groups (broad SMARTS) is 1. The summed E-state index contributed by atoms with van der Waals surface area (Å²) in [5.74, 6) is -2.76. The number of nitrogens with zero attached hydrogens (tertiary/aromatic N) is 5. The van der Waals surface area contributed by atoms with Crippen LogP contribution in [0.5, 0.6) is 0 Å². The maximum atomic E-state index is 10.6. The highest BCUT2D eigenvalue weighted by Gasteiger charge is 2.38. The van der Waals surface area contributed by atoms with Crippen LogP contribution in [0.4, 0.5) is 13.2 Å². The summed E-state index contributed by atoms with van der Waals surface area (Å²) in [5.41, 5.74) is 2.53. The molecule has 1 saturated carbocycles. The molecule has 0 saturated heterocycles. The Hall–Kier alpha value is -3.42. The maximum absolute atomic E-state index is 10.6. The van der Waals surface area contributed by atoms with Gasteiger partial charge in [-0.3, -0.25) is 4.68 Å². The van der Waals surface area contributed by atoms with E-state index in [4.69, 9.17) is 9.90 Å². The van der Waals surface area contributed by atoms with Crippen LogP contribution in [0, 0.1) is 11.3 Å². The summed E-state index contributed by atoms with van der Waals surface area (Å²) >= 11 is 0. The van der Waals surface area contributed by atoms with E-state index in [1.54, 1.807) is 6.33 Å². The number of rotatable bonds is 3. The van der Waals surface area contributed by atoms with E-state index in [0.717, 1.165) is 48.0 Å². The molecule has 11 heteroatoms. The highest BCUT2D eigenvalue weighted by atomic mass is 19.4. The Kier molecular flexibility index (Phi) is 5.54. The Labute approximate surface area is 163 Å². The van der Waals surface area contributed by atoms with Crippen LogP contribution < -0.4 is 0 Å². The first-order valence-corrected chi connectivity index (χ1v) is 8.77. The SMILES string of the molecule is N#CCC1(n2cc(-c3ncnc4[nH]ccc34)cn2)CCCC1.O=C(O)C(F)(F)F. The Morgan fingerprint density at radius 2 is 2.03 bits per heavy atom. The number of hydrogen-bond acceptors (Lipinski definition) is 5. The van der Waals surface area contributed by atoms with Crippen LogP contribution in [0.2, 0.25) is 0 Å².